The first-order chi connectivity index (χ1) is 11.7. The van der Waals surface area contributed by atoms with E-state index < -0.39 is 0 Å². The van der Waals surface area contributed by atoms with Gasteiger partial charge in [0.15, 0.2) is 0 Å². The highest BCUT2D eigenvalue weighted by Gasteiger charge is 2.14. The van der Waals surface area contributed by atoms with Crippen LogP contribution in [-0.2, 0) is 19.5 Å². The molecule has 0 spiro atoms. The molecule has 0 aliphatic carbocycles. The number of rotatable bonds is 4. The minimum Gasteiger partial charge on any atom is -0.506 e. The summed E-state index contributed by atoms with van der Waals surface area (Å²) >= 11 is 0. The Morgan fingerprint density at radius 1 is 1.33 bits per heavy atom. The zero-order valence-electron chi connectivity index (χ0n) is 13.4. The van der Waals surface area contributed by atoms with E-state index in [0.29, 0.717) is 12.2 Å². The van der Waals surface area contributed by atoms with Crippen molar-refractivity contribution >= 4 is 17.1 Å². The first kappa shape index (κ1) is 14.8. The average Bonchev–Trinajstić information content (AvgIpc) is 3.07. The van der Waals surface area contributed by atoms with Gasteiger partial charge in [-0.2, -0.15) is 0 Å². The van der Waals surface area contributed by atoms with Gasteiger partial charge in [0.05, 0.1) is 5.69 Å². The van der Waals surface area contributed by atoms with Crippen LogP contribution in [0.4, 0.5) is 5.69 Å². The largest absolute Gasteiger partial charge is 0.506 e. The molecule has 0 fully saturated rings. The molecule has 122 valence electrons. The van der Waals surface area contributed by atoms with Crippen molar-refractivity contribution in [2.75, 3.05) is 11.9 Å². The summed E-state index contributed by atoms with van der Waals surface area (Å²) in [6, 6.07) is 10.3. The van der Waals surface area contributed by atoms with E-state index in [1.54, 1.807) is 6.20 Å². The van der Waals surface area contributed by atoms with Gasteiger partial charge in [-0.05, 0) is 41.8 Å². The molecule has 0 saturated heterocycles. The molecule has 5 nitrogen and oxygen atoms in total. The number of fused-ring (bicyclic) bond motifs is 2. The van der Waals surface area contributed by atoms with Crippen molar-refractivity contribution in [1.29, 1.82) is 0 Å². The van der Waals surface area contributed by atoms with Gasteiger partial charge in [0, 0.05) is 25.5 Å². The molecule has 3 heterocycles. The number of hydrogen-bond acceptors (Lipinski definition) is 4. The molecule has 0 unspecified atom stereocenters. The van der Waals surface area contributed by atoms with E-state index in [1.807, 2.05) is 22.7 Å². The van der Waals surface area contributed by atoms with E-state index in [-0.39, 0.29) is 5.76 Å². The number of aliphatic hydroxyl groups excluding tert-OH is 1. The number of pyridine rings is 1. The Balaban J connectivity index is 1.66. The molecule has 0 bridgehead atoms. The van der Waals surface area contributed by atoms with Crippen molar-refractivity contribution < 1.29 is 5.11 Å². The Kier molecular flexibility index (Phi) is 3.70. The number of aromatic nitrogens is 2. The molecule has 1 aromatic carbocycles. The SMILES string of the molecule is C=C(O)c1c(NCc2cccc3c2CNCC3)ccc2nccn12. The fourth-order valence-corrected chi connectivity index (χ4v) is 3.37. The quantitative estimate of drug-likeness (QED) is 0.646. The Hall–Kier alpha value is -2.79. The summed E-state index contributed by atoms with van der Waals surface area (Å²) in [5.41, 5.74) is 6.35. The number of nitrogens with one attached hydrogen (secondary N) is 2. The van der Waals surface area contributed by atoms with Gasteiger partial charge < -0.3 is 15.7 Å². The molecular formula is C19H20N4O. The van der Waals surface area contributed by atoms with Crippen LogP contribution in [0.2, 0.25) is 0 Å². The second-order valence-electron chi connectivity index (χ2n) is 6.03. The van der Waals surface area contributed by atoms with Crippen molar-refractivity contribution in [3.05, 3.63) is 71.7 Å². The van der Waals surface area contributed by atoms with Gasteiger partial charge in [-0.3, -0.25) is 4.40 Å². The molecule has 3 aromatic rings. The summed E-state index contributed by atoms with van der Waals surface area (Å²) in [6.07, 6.45) is 4.61. The minimum absolute atomic E-state index is 0.0258. The van der Waals surface area contributed by atoms with Crippen molar-refractivity contribution in [3.63, 3.8) is 0 Å². The third kappa shape index (κ3) is 2.53. The number of aliphatic hydroxyl groups is 1. The monoisotopic (exact) mass is 320 g/mol. The van der Waals surface area contributed by atoms with Gasteiger partial charge in [-0.1, -0.05) is 24.8 Å². The standard InChI is InChI=1S/C19H20N4O/c1-13(24)19-17(5-6-18-21-9-10-23(18)19)22-11-15-4-2-3-14-7-8-20-12-16(14)15/h2-6,9-10,20,22,24H,1,7-8,11-12H2. The van der Waals surface area contributed by atoms with Crippen LogP contribution in [0.15, 0.2) is 49.3 Å². The molecule has 4 rings (SSSR count). The molecule has 2 aromatic heterocycles. The first-order valence-corrected chi connectivity index (χ1v) is 8.12. The maximum absolute atomic E-state index is 10.0. The van der Waals surface area contributed by atoms with Crippen LogP contribution in [0.1, 0.15) is 22.4 Å². The molecule has 0 radical (unpaired) electrons. The van der Waals surface area contributed by atoms with Crippen LogP contribution < -0.4 is 10.6 Å². The summed E-state index contributed by atoms with van der Waals surface area (Å²) in [5, 5.41) is 16.9. The van der Waals surface area contributed by atoms with Gasteiger partial charge in [0.25, 0.3) is 0 Å². The molecule has 0 amide bonds. The van der Waals surface area contributed by atoms with Crippen molar-refractivity contribution in [3.8, 4) is 0 Å². The van der Waals surface area contributed by atoms with Gasteiger partial charge >= 0.3 is 0 Å². The second kappa shape index (κ2) is 6.02. The Bertz CT molecular complexity index is 913. The lowest BCUT2D eigenvalue weighted by atomic mass is 9.96. The van der Waals surface area contributed by atoms with E-state index >= 15 is 0 Å². The van der Waals surface area contributed by atoms with Crippen LogP contribution in [0.3, 0.4) is 0 Å². The van der Waals surface area contributed by atoms with Crippen LogP contribution >= 0.6 is 0 Å². The van der Waals surface area contributed by atoms with E-state index in [4.69, 9.17) is 0 Å². The fourth-order valence-electron chi connectivity index (χ4n) is 3.37. The zero-order chi connectivity index (χ0) is 16.5. The number of anilines is 1. The minimum atomic E-state index is 0.0258. The van der Waals surface area contributed by atoms with E-state index in [0.717, 1.165) is 30.8 Å². The van der Waals surface area contributed by atoms with E-state index in [2.05, 4.69) is 40.4 Å². The predicted octanol–water partition coefficient (Wildman–Crippen LogP) is 3.12. The van der Waals surface area contributed by atoms with Gasteiger partial charge in [-0.15, -0.1) is 0 Å². The highest BCUT2D eigenvalue weighted by molar-refractivity contribution is 5.71. The topological polar surface area (TPSA) is 61.6 Å². The summed E-state index contributed by atoms with van der Waals surface area (Å²) < 4.78 is 1.84. The number of hydrogen-bond donors (Lipinski definition) is 3. The molecule has 0 saturated carbocycles. The van der Waals surface area contributed by atoms with Crippen molar-refractivity contribution in [1.82, 2.24) is 14.7 Å². The molecular weight excluding hydrogens is 300 g/mol. The van der Waals surface area contributed by atoms with Crippen LogP contribution in [-0.4, -0.2) is 21.0 Å². The van der Waals surface area contributed by atoms with Gasteiger partial charge in [0.2, 0.25) is 0 Å². The Morgan fingerprint density at radius 2 is 2.25 bits per heavy atom. The van der Waals surface area contributed by atoms with E-state index in [1.165, 1.54) is 16.7 Å². The number of nitrogens with zero attached hydrogens (tertiary/aromatic N) is 2. The normalized spacial score (nSPS) is 13.7. The Labute approximate surface area is 140 Å². The maximum Gasteiger partial charge on any atom is 0.137 e. The molecule has 1 aliphatic rings. The van der Waals surface area contributed by atoms with Crippen LogP contribution in [0.25, 0.3) is 11.4 Å². The first-order valence-electron chi connectivity index (χ1n) is 8.12. The smallest absolute Gasteiger partial charge is 0.137 e. The molecule has 1 aliphatic heterocycles. The lowest BCUT2D eigenvalue weighted by Gasteiger charge is -2.21. The maximum atomic E-state index is 10.0. The molecule has 0 atom stereocenters. The third-order valence-electron chi connectivity index (χ3n) is 4.55. The molecule has 24 heavy (non-hydrogen) atoms. The summed E-state index contributed by atoms with van der Waals surface area (Å²) in [5.74, 6) is 0.0258. The summed E-state index contributed by atoms with van der Waals surface area (Å²) in [4.78, 5) is 4.25. The Morgan fingerprint density at radius 3 is 3.12 bits per heavy atom. The second-order valence-corrected chi connectivity index (χ2v) is 6.03. The highest BCUT2D eigenvalue weighted by Crippen LogP contribution is 2.25. The van der Waals surface area contributed by atoms with Gasteiger partial charge in [-0.25, -0.2) is 4.98 Å². The van der Waals surface area contributed by atoms with E-state index in [9.17, 15) is 5.11 Å². The van der Waals surface area contributed by atoms with Crippen molar-refractivity contribution in [2.45, 2.75) is 19.5 Å². The highest BCUT2D eigenvalue weighted by atomic mass is 16.3. The zero-order valence-corrected chi connectivity index (χ0v) is 13.4. The lowest BCUT2D eigenvalue weighted by Crippen LogP contribution is -2.25. The summed E-state index contributed by atoms with van der Waals surface area (Å²) in [7, 11) is 0. The van der Waals surface area contributed by atoms with Gasteiger partial charge in [0.1, 0.15) is 17.1 Å². The average molecular weight is 320 g/mol. The predicted molar refractivity (Wildman–Crippen MR) is 96.0 cm³/mol. The fraction of sp³-hybridized carbons (Fsp3) is 0.211. The molecule has 5 heteroatoms. The van der Waals surface area contributed by atoms with Crippen LogP contribution in [0.5, 0.6) is 0 Å². The number of benzene rings is 1. The molecule has 3 N–H and O–H groups in total. The van der Waals surface area contributed by atoms with Crippen molar-refractivity contribution in [2.24, 2.45) is 0 Å². The lowest BCUT2D eigenvalue weighted by molar-refractivity contribution is 0.509. The number of imidazole rings is 1. The third-order valence-corrected chi connectivity index (χ3v) is 4.55. The van der Waals surface area contributed by atoms with Crippen LogP contribution in [0, 0.1) is 0 Å². The summed E-state index contributed by atoms with van der Waals surface area (Å²) in [6.45, 7) is 6.35.